The smallest absolute Gasteiger partial charge is 0.313 e. The molecule has 10 heavy (non-hydrogen) atoms. The number of ether oxygens (including phenoxy) is 1. The fourth-order valence-electron chi connectivity index (χ4n) is 0.381. The molecule has 0 aliphatic rings. The third-order valence-electron chi connectivity index (χ3n) is 0.706. The van der Waals surface area contributed by atoms with Gasteiger partial charge in [0.2, 0.25) is 0 Å². The van der Waals surface area contributed by atoms with E-state index in [1.165, 1.54) is 6.92 Å². The van der Waals surface area contributed by atoms with Crippen LogP contribution in [0.5, 0.6) is 0 Å². The van der Waals surface area contributed by atoms with Crippen LogP contribution in [0.3, 0.4) is 0 Å². The van der Waals surface area contributed by atoms with Crippen LogP contribution in [0.15, 0.2) is 0 Å². The van der Waals surface area contributed by atoms with E-state index in [1.54, 1.807) is 0 Å². The first-order valence-electron chi connectivity index (χ1n) is 2.75. The standard InChI is InChI=1S/C6H8O4/c1-5(8)4-6(9)10-3-2-7/h2H,3-4H2,1H3. The van der Waals surface area contributed by atoms with Crippen molar-refractivity contribution in [2.75, 3.05) is 6.61 Å². The van der Waals surface area contributed by atoms with Crippen molar-refractivity contribution in [3.8, 4) is 0 Å². The van der Waals surface area contributed by atoms with Gasteiger partial charge in [-0.05, 0) is 6.92 Å². The number of rotatable bonds is 4. The Morgan fingerprint density at radius 2 is 2.10 bits per heavy atom. The number of carbonyl (C=O) groups excluding carboxylic acids is 3. The highest BCUT2D eigenvalue weighted by Gasteiger charge is 2.04. The van der Waals surface area contributed by atoms with Gasteiger partial charge in [-0.2, -0.15) is 0 Å². The molecule has 0 rings (SSSR count). The number of Topliss-reactive ketones (excluding diaryl/α,β-unsaturated/α-hetero) is 1. The van der Waals surface area contributed by atoms with Crippen molar-refractivity contribution >= 4 is 18.0 Å². The molecule has 0 unspecified atom stereocenters. The van der Waals surface area contributed by atoms with E-state index in [2.05, 4.69) is 4.74 Å². The van der Waals surface area contributed by atoms with Crippen LogP contribution in [0.1, 0.15) is 13.3 Å². The van der Waals surface area contributed by atoms with Gasteiger partial charge in [-0.1, -0.05) is 0 Å². The van der Waals surface area contributed by atoms with E-state index in [1.807, 2.05) is 0 Å². The largest absolute Gasteiger partial charge is 0.458 e. The molecule has 4 nitrogen and oxygen atoms in total. The third-order valence-corrected chi connectivity index (χ3v) is 0.706. The lowest BCUT2D eigenvalue weighted by Crippen LogP contribution is -2.09. The van der Waals surface area contributed by atoms with Gasteiger partial charge in [0.05, 0.1) is 0 Å². The quantitative estimate of drug-likeness (QED) is 0.309. The maximum Gasteiger partial charge on any atom is 0.313 e. The molecule has 0 saturated heterocycles. The van der Waals surface area contributed by atoms with Crippen LogP contribution in [0.25, 0.3) is 0 Å². The topological polar surface area (TPSA) is 60.4 Å². The van der Waals surface area contributed by atoms with Crippen LogP contribution >= 0.6 is 0 Å². The van der Waals surface area contributed by atoms with E-state index >= 15 is 0 Å². The minimum Gasteiger partial charge on any atom is -0.458 e. The summed E-state index contributed by atoms with van der Waals surface area (Å²) in [6, 6.07) is 0. The number of esters is 1. The van der Waals surface area contributed by atoms with E-state index in [0.29, 0.717) is 6.29 Å². The Bertz CT molecular complexity index is 150. The normalized spacial score (nSPS) is 8.50. The lowest BCUT2D eigenvalue weighted by molar-refractivity contribution is -0.147. The predicted octanol–water partition coefficient (Wildman–Crippen LogP) is -0.292. The first kappa shape index (κ1) is 8.81. The van der Waals surface area contributed by atoms with Crippen LogP contribution in [-0.4, -0.2) is 24.6 Å². The van der Waals surface area contributed by atoms with Crippen molar-refractivity contribution in [3.63, 3.8) is 0 Å². The van der Waals surface area contributed by atoms with Crippen molar-refractivity contribution in [3.05, 3.63) is 0 Å². The molecular weight excluding hydrogens is 136 g/mol. The summed E-state index contributed by atoms with van der Waals surface area (Å²) in [5.74, 6) is -0.921. The summed E-state index contributed by atoms with van der Waals surface area (Å²) in [7, 11) is 0. The first-order valence-corrected chi connectivity index (χ1v) is 2.75. The molecule has 0 saturated carbocycles. The number of hydrogen-bond donors (Lipinski definition) is 0. The molecule has 0 atom stereocenters. The summed E-state index contributed by atoms with van der Waals surface area (Å²) in [6.45, 7) is 1.01. The molecule has 0 aromatic rings. The zero-order chi connectivity index (χ0) is 7.98. The van der Waals surface area contributed by atoms with Gasteiger partial charge in [-0.3, -0.25) is 14.4 Å². The Hall–Kier alpha value is -1.19. The molecule has 0 bridgehead atoms. The van der Waals surface area contributed by atoms with Crippen molar-refractivity contribution < 1.29 is 19.1 Å². The molecule has 0 aliphatic heterocycles. The fourth-order valence-corrected chi connectivity index (χ4v) is 0.381. The maximum absolute atomic E-state index is 10.4. The molecule has 0 aromatic heterocycles. The lowest BCUT2D eigenvalue weighted by atomic mass is 10.3. The monoisotopic (exact) mass is 144 g/mol. The summed E-state index contributed by atoms with van der Waals surface area (Å²) < 4.78 is 4.27. The zero-order valence-electron chi connectivity index (χ0n) is 5.62. The number of aldehydes is 1. The minimum absolute atomic E-state index is 0.256. The average molecular weight is 144 g/mol. The molecule has 4 heteroatoms. The van der Waals surface area contributed by atoms with Crippen LogP contribution in [0.4, 0.5) is 0 Å². The molecule has 0 aromatic carbocycles. The molecule has 0 spiro atoms. The molecule has 0 aliphatic carbocycles. The second-order valence-electron chi connectivity index (χ2n) is 1.73. The molecule has 0 radical (unpaired) electrons. The zero-order valence-corrected chi connectivity index (χ0v) is 5.62. The Balaban J connectivity index is 3.43. The maximum atomic E-state index is 10.4. The van der Waals surface area contributed by atoms with Gasteiger partial charge in [0.1, 0.15) is 18.8 Å². The van der Waals surface area contributed by atoms with Gasteiger partial charge in [0, 0.05) is 0 Å². The van der Waals surface area contributed by atoms with Crippen LogP contribution in [-0.2, 0) is 19.1 Å². The summed E-state index contributed by atoms with van der Waals surface area (Å²) in [4.78, 5) is 30.3. The highest BCUT2D eigenvalue weighted by atomic mass is 16.5. The molecular formula is C6H8O4. The van der Waals surface area contributed by atoms with Gasteiger partial charge in [-0.25, -0.2) is 0 Å². The summed E-state index contributed by atoms with van der Waals surface area (Å²) in [6.07, 6.45) is 0.200. The number of carbonyl (C=O) groups is 3. The number of hydrogen-bond acceptors (Lipinski definition) is 4. The fraction of sp³-hybridized carbons (Fsp3) is 0.500. The van der Waals surface area contributed by atoms with E-state index < -0.39 is 5.97 Å². The third kappa shape index (κ3) is 4.96. The van der Waals surface area contributed by atoms with Gasteiger partial charge in [0.15, 0.2) is 6.29 Å². The van der Waals surface area contributed by atoms with E-state index in [9.17, 15) is 14.4 Å². The summed E-state index contributed by atoms with van der Waals surface area (Å²) in [5.41, 5.74) is 0. The van der Waals surface area contributed by atoms with E-state index in [-0.39, 0.29) is 18.8 Å². The summed E-state index contributed by atoms with van der Waals surface area (Å²) >= 11 is 0. The first-order chi connectivity index (χ1) is 4.66. The Kier molecular flexibility index (Phi) is 4.11. The summed E-state index contributed by atoms with van der Waals surface area (Å²) in [5, 5.41) is 0. The second-order valence-corrected chi connectivity index (χ2v) is 1.73. The van der Waals surface area contributed by atoms with Crippen LogP contribution in [0, 0.1) is 0 Å². The van der Waals surface area contributed by atoms with Crippen molar-refractivity contribution in [2.45, 2.75) is 13.3 Å². The Morgan fingerprint density at radius 3 is 2.50 bits per heavy atom. The predicted molar refractivity (Wildman–Crippen MR) is 32.3 cm³/mol. The Morgan fingerprint density at radius 1 is 1.50 bits per heavy atom. The lowest BCUT2D eigenvalue weighted by Gasteiger charge is -1.95. The minimum atomic E-state index is -0.653. The van der Waals surface area contributed by atoms with Gasteiger partial charge in [-0.15, -0.1) is 0 Å². The SMILES string of the molecule is CC(=O)CC(=O)OCC=O. The molecule has 56 valence electrons. The highest BCUT2D eigenvalue weighted by Crippen LogP contribution is 1.85. The van der Waals surface area contributed by atoms with Crippen LogP contribution in [0.2, 0.25) is 0 Å². The van der Waals surface area contributed by atoms with Crippen molar-refractivity contribution in [2.24, 2.45) is 0 Å². The Labute approximate surface area is 58.2 Å². The van der Waals surface area contributed by atoms with Crippen LogP contribution < -0.4 is 0 Å². The van der Waals surface area contributed by atoms with E-state index in [4.69, 9.17) is 0 Å². The molecule has 0 N–H and O–H groups in total. The molecule has 0 amide bonds. The average Bonchev–Trinajstić information content (AvgIpc) is 1.82. The van der Waals surface area contributed by atoms with E-state index in [0.717, 1.165) is 0 Å². The van der Waals surface area contributed by atoms with Crippen molar-refractivity contribution in [1.82, 2.24) is 0 Å². The van der Waals surface area contributed by atoms with Gasteiger partial charge < -0.3 is 4.74 Å². The van der Waals surface area contributed by atoms with Gasteiger partial charge >= 0.3 is 5.97 Å². The molecule has 0 fully saturated rings. The number of ketones is 1. The highest BCUT2D eigenvalue weighted by molar-refractivity contribution is 5.94. The van der Waals surface area contributed by atoms with Crippen molar-refractivity contribution in [1.29, 1.82) is 0 Å². The second kappa shape index (κ2) is 4.67. The molecule has 0 heterocycles. The van der Waals surface area contributed by atoms with Gasteiger partial charge in [0.25, 0.3) is 0 Å².